The van der Waals surface area contributed by atoms with Crippen molar-refractivity contribution < 1.29 is 33.2 Å². The minimum Gasteiger partial charge on any atom is -0.463 e. The van der Waals surface area contributed by atoms with Gasteiger partial charge in [-0.2, -0.15) is 0 Å². The number of esters is 1. The van der Waals surface area contributed by atoms with Gasteiger partial charge in [0.1, 0.15) is 0 Å². The van der Waals surface area contributed by atoms with Crippen molar-refractivity contribution in [3.63, 3.8) is 0 Å². The number of carbonyl (C=O) groups excluding carboxylic acids is 4. The quantitative estimate of drug-likeness (QED) is 0.624. The van der Waals surface area contributed by atoms with Gasteiger partial charge in [0.15, 0.2) is 0 Å². The lowest BCUT2D eigenvalue weighted by molar-refractivity contribution is -0.0604. The molecule has 0 unspecified atom stereocenters. The highest BCUT2D eigenvalue weighted by Gasteiger charge is 2.39. The number of carbonyl (C=O) groups is 4. The highest BCUT2D eigenvalue weighted by Crippen LogP contribution is 2.24. The second kappa shape index (κ2) is 5.65. The van der Waals surface area contributed by atoms with Crippen LogP contribution in [0, 0.1) is 6.92 Å². The Bertz CT molecular complexity index is 845. The van der Waals surface area contributed by atoms with E-state index < -0.39 is 23.8 Å². The topological polar surface area (TPSA) is 103 Å². The van der Waals surface area contributed by atoms with Crippen LogP contribution in [0.15, 0.2) is 34.7 Å². The van der Waals surface area contributed by atoms with Crippen molar-refractivity contribution in [2.24, 2.45) is 0 Å². The third kappa shape index (κ3) is 2.34. The Morgan fingerprint density at radius 1 is 1.04 bits per heavy atom. The van der Waals surface area contributed by atoms with Gasteiger partial charge in [0, 0.05) is 5.56 Å². The molecule has 2 heterocycles. The molecule has 1 aromatic heterocycles. The summed E-state index contributed by atoms with van der Waals surface area (Å²) in [7, 11) is 1.17. The average Bonchev–Trinajstić information content (AvgIpc) is 3.08. The van der Waals surface area contributed by atoms with Crippen LogP contribution in [-0.4, -0.2) is 35.9 Å². The Labute approximate surface area is 135 Å². The summed E-state index contributed by atoms with van der Waals surface area (Å²) in [6.45, 7) is 1.54. The zero-order valence-electron chi connectivity index (χ0n) is 12.7. The highest BCUT2D eigenvalue weighted by molar-refractivity contribution is 6.21. The molecular weight excluding hydrogens is 318 g/mol. The Morgan fingerprint density at radius 2 is 1.62 bits per heavy atom. The minimum absolute atomic E-state index is 0.140. The first-order valence-electron chi connectivity index (χ1n) is 6.83. The summed E-state index contributed by atoms with van der Waals surface area (Å²) in [5.41, 5.74) is 0.638. The van der Waals surface area contributed by atoms with Gasteiger partial charge in [0.05, 0.1) is 18.2 Å². The smallest absolute Gasteiger partial charge is 0.399 e. The largest absolute Gasteiger partial charge is 0.463 e. The number of nitrogens with zero attached hydrogens (tertiary/aromatic N) is 1. The van der Waals surface area contributed by atoms with Crippen molar-refractivity contribution in [1.82, 2.24) is 5.06 Å². The van der Waals surface area contributed by atoms with Crippen LogP contribution < -0.4 is 0 Å². The molecule has 1 aromatic carbocycles. The van der Waals surface area contributed by atoms with Crippen molar-refractivity contribution in [3.05, 3.63) is 58.5 Å². The lowest BCUT2D eigenvalue weighted by atomic mass is 10.1. The molecule has 24 heavy (non-hydrogen) atoms. The number of hydrogen-bond donors (Lipinski definition) is 0. The van der Waals surface area contributed by atoms with E-state index in [-0.39, 0.29) is 22.6 Å². The third-order valence-electron chi connectivity index (χ3n) is 3.42. The maximum absolute atomic E-state index is 12.1. The molecule has 0 spiro atoms. The number of aryl methyl sites for hydroxylation is 1. The summed E-state index contributed by atoms with van der Waals surface area (Å²) in [4.78, 5) is 52.7. The standard InChI is InChI=1S/C16H11NO7/c1-8-7-11(23-12(8)16(21)22-2)15(20)24-17-13(18)9-5-3-4-6-10(9)14(17)19/h3-7H,1-2H3. The zero-order chi connectivity index (χ0) is 17.4. The third-order valence-corrected chi connectivity index (χ3v) is 3.42. The van der Waals surface area contributed by atoms with E-state index in [1.54, 1.807) is 12.1 Å². The predicted molar refractivity (Wildman–Crippen MR) is 77.1 cm³/mol. The van der Waals surface area contributed by atoms with Crippen LogP contribution in [0.1, 0.15) is 47.4 Å². The summed E-state index contributed by atoms with van der Waals surface area (Å²) in [6.07, 6.45) is 0. The number of rotatable bonds is 3. The fourth-order valence-corrected chi connectivity index (χ4v) is 2.26. The monoisotopic (exact) mass is 329 g/mol. The maximum atomic E-state index is 12.1. The number of methoxy groups -OCH3 is 1. The SMILES string of the molecule is COC(=O)c1oc(C(=O)ON2C(=O)c3ccccc3C2=O)cc1C. The van der Waals surface area contributed by atoms with Crippen LogP contribution in [0.4, 0.5) is 0 Å². The average molecular weight is 329 g/mol. The molecule has 1 aliphatic heterocycles. The number of furan rings is 1. The van der Waals surface area contributed by atoms with E-state index >= 15 is 0 Å². The van der Waals surface area contributed by atoms with Crippen molar-refractivity contribution in [3.8, 4) is 0 Å². The van der Waals surface area contributed by atoms with E-state index in [2.05, 4.69) is 4.74 Å². The van der Waals surface area contributed by atoms with Gasteiger partial charge in [-0.25, -0.2) is 9.59 Å². The number of amides is 2. The lowest BCUT2D eigenvalue weighted by Crippen LogP contribution is -2.32. The Morgan fingerprint density at radius 3 is 2.17 bits per heavy atom. The van der Waals surface area contributed by atoms with Gasteiger partial charge < -0.3 is 14.0 Å². The van der Waals surface area contributed by atoms with Crippen LogP contribution in [0.3, 0.4) is 0 Å². The minimum atomic E-state index is -1.08. The van der Waals surface area contributed by atoms with Gasteiger partial charge in [-0.3, -0.25) is 9.59 Å². The summed E-state index contributed by atoms with van der Waals surface area (Å²) >= 11 is 0. The molecule has 8 nitrogen and oxygen atoms in total. The van der Waals surface area contributed by atoms with Gasteiger partial charge >= 0.3 is 11.9 Å². The predicted octanol–water partition coefficient (Wildman–Crippen LogP) is 1.74. The first-order valence-corrected chi connectivity index (χ1v) is 6.83. The van der Waals surface area contributed by atoms with Gasteiger partial charge in [0.2, 0.25) is 11.5 Å². The molecule has 2 aromatic rings. The highest BCUT2D eigenvalue weighted by atomic mass is 16.7. The molecule has 1 aliphatic rings. The first-order chi connectivity index (χ1) is 11.4. The van der Waals surface area contributed by atoms with E-state index in [4.69, 9.17) is 9.25 Å². The molecule has 0 fully saturated rings. The first kappa shape index (κ1) is 15.5. The van der Waals surface area contributed by atoms with Crippen LogP contribution in [0.2, 0.25) is 0 Å². The number of benzene rings is 1. The Hall–Kier alpha value is -3.42. The molecular formula is C16H11NO7. The van der Waals surface area contributed by atoms with E-state index in [0.717, 1.165) is 0 Å². The maximum Gasteiger partial charge on any atom is 0.399 e. The summed E-state index contributed by atoms with van der Waals surface area (Å²) in [5, 5.41) is 0.364. The molecule has 0 N–H and O–H groups in total. The fourth-order valence-electron chi connectivity index (χ4n) is 2.26. The van der Waals surface area contributed by atoms with Crippen LogP contribution in [0.25, 0.3) is 0 Å². The number of imide groups is 1. The Balaban J connectivity index is 1.83. The van der Waals surface area contributed by atoms with E-state index in [9.17, 15) is 19.2 Å². The van der Waals surface area contributed by atoms with Gasteiger partial charge in [0.25, 0.3) is 11.8 Å². The number of hydrogen-bond acceptors (Lipinski definition) is 7. The van der Waals surface area contributed by atoms with E-state index in [1.807, 2.05) is 0 Å². The molecule has 3 rings (SSSR count). The lowest BCUT2D eigenvalue weighted by Gasteiger charge is -2.11. The molecule has 0 atom stereocenters. The molecule has 8 heteroatoms. The van der Waals surface area contributed by atoms with Gasteiger partial charge in [-0.05, 0) is 25.1 Å². The van der Waals surface area contributed by atoms with Gasteiger partial charge in [-0.1, -0.05) is 17.2 Å². The number of ether oxygens (including phenoxy) is 1. The van der Waals surface area contributed by atoms with Crippen molar-refractivity contribution in [2.45, 2.75) is 6.92 Å². The van der Waals surface area contributed by atoms with Crippen LogP contribution in [-0.2, 0) is 9.57 Å². The van der Waals surface area contributed by atoms with Crippen molar-refractivity contribution >= 4 is 23.8 Å². The van der Waals surface area contributed by atoms with Crippen molar-refractivity contribution in [2.75, 3.05) is 7.11 Å². The van der Waals surface area contributed by atoms with E-state index in [1.165, 1.54) is 32.2 Å². The summed E-state index contributed by atoms with van der Waals surface area (Å²) in [6, 6.07) is 7.35. The van der Waals surface area contributed by atoms with Crippen LogP contribution >= 0.6 is 0 Å². The summed E-state index contributed by atoms with van der Waals surface area (Å²) in [5.74, 6) is -3.83. The molecule has 2 amide bonds. The second-order valence-corrected chi connectivity index (χ2v) is 4.94. The molecule has 0 saturated carbocycles. The van der Waals surface area contributed by atoms with Crippen molar-refractivity contribution in [1.29, 1.82) is 0 Å². The van der Waals surface area contributed by atoms with Gasteiger partial charge in [-0.15, -0.1) is 0 Å². The Kier molecular flexibility index (Phi) is 3.64. The molecule has 0 bridgehead atoms. The molecule has 0 saturated heterocycles. The number of fused-ring (bicyclic) bond motifs is 1. The normalized spacial score (nSPS) is 13.0. The second-order valence-electron chi connectivity index (χ2n) is 4.94. The molecule has 122 valence electrons. The van der Waals surface area contributed by atoms with Crippen LogP contribution in [0.5, 0.6) is 0 Å². The molecule has 0 aliphatic carbocycles. The van der Waals surface area contributed by atoms with E-state index in [0.29, 0.717) is 10.6 Å². The summed E-state index contributed by atoms with van der Waals surface area (Å²) < 4.78 is 9.60. The zero-order valence-corrected chi connectivity index (χ0v) is 12.7. The molecule has 0 radical (unpaired) electrons. The number of hydroxylamine groups is 2. The fraction of sp³-hybridized carbons (Fsp3) is 0.125.